The minimum atomic E-state index is 0.814. The lowest BCUT2D eigenvalue weighted by Gasteiger charge is -2.24. The number of hydrogen-bond donors (Lipinski definition) is 0. The van der Waals surface area contributed by atoms with Gasteiger partial charge in [0.1, 0.15) is 11.5 Å². The molecule has 0 fully saturated rings. The van der Waals surface area contributed by atoms with Crippen molar-refractivity contribution in [3.8, 4) is 11.5 Å². The molecule has 0 saturated carbocycles. The van der Waals surface area contributed by atoms with Crippen LogP contribution in [-0.2, 0) is 0 Å². The van der Waals surface area contributed by atoms with Crippen molar-refractivity contribution in [3.05, 3.63) is 82.9 Å². The molecule has 40 heavy (non-hydrogen) atoms. The molecule has 0 aliphatic carbocycles. The van der Waals surface area contributed by atoms with Gasteiger partial charge in [-0.2, -0.15) is 0 Å². The van der Waals surface area contributed by atoms with Crippen LogP contribution in [0, 0.1) is 0 Å². The normalized spacial score (nSPS) is 11.3. The van der Waals surface area contributed by atoms with E-state index in [1.54, 1.807) is 14.2 Å². The molecule has 0 aromatic heterocycles. The van der Waals surface area contributed by atoms with Crippen LogP contribution in [0.15, 0.2) is 60.7 Å². The molecule has 0 saturated heterocycles. The molecule has 3 rings (SSSR count). The van der Waals surface area contributed by atoms with Crippen LogP contribution < -0.4 is 19.3 Å². The van der Waals surface area contributed by atoms with E-state index in [1.165, 1.54) is 37.1 Å². The Morgan fingerprint density at radius 3 is 1.43 bits per heavy atom. The fourth-order valence-electron chi connectivity index (χ4n) is 4.75. The highest BCUT2D eigenvalue weighted by molar-refractivity contribution is 5.79. The van der Waals surface area contributed by atoms with Crippen molar-refractivity contribution in [3.63, 3.8) is 0 Å². The largest absolute Gasteiger partial charge is 0.496 e. The fraction of sp³-hybridized carbons (Fsp3) is 0.389. The molecule has 4 heteroatoms. The van der Waals surface area contributed by atoms with Crippen molar-refractivity contribution in [1.29, 1.82) is 0 Å². The van der Waals surface area contributed by atoms with Crippen LogP contribution in [0.3, 0.4) is 0 Å². The molecule has 0 unspecified atom stereocenters. The van der Waals surface area contributed by atoms with Gasteiger partial charge in [-0.1, -0.05) is 82.2 Å². The summed E-state index contributed by atoms with van der Waals surface area (Å²) < 4.78 is 11.5. The second-order valence-corrected chi connectivity index (χ2v) is 10.3. The van der Waals surface area contributed by atoms with Gasteiger partial charge >= 0.3 is 0 Å². The first-order valence-corrected chi connectivity index (χ1v) is 14.8. The van der Waals surface area contributed by atoms with E-state index < -0.39 is 0 Å². The summed E-state index contributed by atoms with van der Waals surface area (Å²) in [5.41, 5.74) is 6.80. The zero-order chi connectivity index (χ0) is 28.7. The Kier molecular flexibility index (Phi) is 12.7. The van der Waals surface area contributed by atoms with Crippen molar-refractivity contribution in [2.45, 2.75) is 52.9 Å². The molecule has 0 aliphatic heterocycles. The van der Waals surface area contributed by atoms with Crippen LogP contribution in [0.1, 0.15) is 75.1 Å². The van der Waals surface area contributed by atoms with Crippen LogP contribution >= 0.6 is 0 Å². The third kappa shape index (κ3) is 8.94. The maximum absolute atomic E-state index is 5.76. The van der Waals surface area contributed by atoms with Crippen molar-refractivity contribution in [1.82, 2.24) is 0 Å². The Bertz CT molecular complexity index is 1200. The summed E-state index contributed by atoms with van der Waals surface area (Å²) in [4.78, 5) is 4.79. The van der Waals surface area contributed by atoms with Gasteiger partial charge in [-0.3, -0.25) is 0 Å². The minimum absolute atomic E-state index is 0.814. The van der Waals surface area contributed by atoms with Crippen LogP contribution in [0.4, 0.5) is 11.4 Å². The zero-order valence-electron chi connectivity index (χ0n) is 25.5. The average molecular weight is 541 g/mol. The summed E-state index contributed by atoms with van der Waals surface area (Å²) in [6.07, 6.45) is 14.4. The van der Waals surface area contributed by atoms with Crippen molar-refractivity contribution in [2.24, 2.45) is 0 Å². The maximum atomic E-state index is 5.76. The second kappa shape index (κ2) is 16.4. The molecule has 0 amide bonds. The molecule has 0 radical (unpaired) electrons. The first-order chi connectivity index (χ1) is 19.5. The third-order valence-electron chi connectivity index (χ3n) is 7.21. The average Bonchev–Trinajstić information content (AvgIpc) is 2.99. The number of nitrogens with zero attached hydrogens (tertiary/aromatic N) is 2. The Hall–Kier alpha value is -3.66. The molecule has 0 heterocycles. The second-order valence-electron chi connectivity index (χ2n) is 10.3. The monoisotopic (exact) mass is 540 g/mol. The summed E-state index contributed by atoms with van der Waals surface area (Å²) in [5.74, 6) is 1.63. The van der Waals surface area contributed by atoms with E-state index in [1.807, 2.05) is 12.1 Å². The number of anilines is 2. The Morgan fingerprint density at radius 1 is 0.575 bits per heavy atom. The first-order valence-electron chi connectivity index (χ1n) is 14.8. The summed E-state index contributed by atoms with van der Waals surface area (Å²) >= 11 is 0. The first kappa shape index (κ1) is 30.9. The molecule has 0 aliphatic rings. The van der Waals surface area contributed by atoms with Gasteiger partial charge in [-0.25, -0.2) is 0 Å². The van der Waals surface area contributed by atoms with Crippen molar-refractivity contribution >= 4 is 35.7 Å². The Morgan fingerprint density at radius 2 is 1.02 bits per heavy atom. The Labute approximate surface area is 242 Å². The number of rotatable bonds is 16. The summed E-state index contributed by atoms with van der Waals surface area (Å²) in [5, 5.41) is 0. The van der Waals surface area contributed by atoms with Gasteiger partial charge in [0.25, 0.3) is 0 Å². The van der Waals surface area contributed by atoms with Crippen LogP contribution in [0.5, 0.6) is 11.5 Å². The molecular formula is C36H48N2O2. The molecule has 3 aromatic carbocycles. The maximum Gasteiger partial charge on any atom is 0.126 e. The van der Waals surface area contributed by atoms with E-state index in [0.717, 1.165) is 59.8 Å². The molecule has 214 valence electrons. The zero-order valence-corrected chi connectivity index (χ0v) is 25.5. The number of ether oxygens (including phenoxy) is 2. The van der Waals surface area contributed by atoms with E-state index in [4.69, 9.17) is 9.47 Å². The van der Waals surface area contributed by atoms with Gasteiger partial charge in [0.05, 0.1) is 14.2 Å². The van der Waals surface area contributed by atoms with Gasteiger partial charge < -0.3 is 19.3 Å². The predicted molar refractivity (Wildman–Crippen MR) is 176 cm³/mol. The quantitative estimate of drug-likeness (QED) is 0.169. The van der Waals surface area contributed by atoms with Gasteiger partial charge in [-0.15, -0.1) is 0 Å². The highest BCUT2D eigenvalue weighted by atomic mass is 16.5. The van der Waals surface area contributed by atoms with E-state index in [-0.39, 0.29) is 0 Å². The predicted octanol–water partition coefficient (Wildman–Crippen LogP) is 9.30. The highest BCUT2D eigenvalue weighted by Gasteiger charge is 2.09. The molecule has 0 bridgehead atoms. The fourth-order valence-corrected chi connectivity index (χ4v) is 4.75. The number of hydrogen-bond acceptors (Lipinski definition) is 4. The van der Waals surface area contributed by atoms with Gasteiger partial charge in [-0.05, 0) is 66.8 Å². The van der Waals surface area contributed by atoms with Crippen molar-refractivity contribution in [2.75, 3.05) is 50.7 Å². The van der Waals surface area contributed by atoms with Crippen molar-refractivity contribution < 1.29 is 9.47 Å². The number of unbranched alkanes of at least 4 members (excludes halogenated alkanes) is 2. The van der Waals surface area contributed by atoms with E-state index in [9.17, 15) is 0 Å². The highest BCUT2D eigenvalue weighted by Crippen LogP contribution is 2.32. The minimum Gasteiger partial charge on any atom is -0.496 e. The van der Waals surface area contributed by atoms with E-state index >= 15 is 0 Å². The summed E-state index contributed by atoms with van der Waals surface area (Å²) in [7, 11) is 5.56. The van der Waals surface area contributed by atoms with E-state index in [2.05, 4.69) is 110 Å². The summed E-state index contributed by atoms with van der Waals surface area (Å²) in [6, 6.07) is 21.6. The molecule has 0 atom stereocenters. The van der Waals surface area contributed by atoms with Crippen LogP contribution in [0.2, 0.25) is 0 Å². The number of benzene rings is 3. The summed E-state index contributed by atoms with van der Waals surface area (Å²) in [6.45, 7) is 9.99. The lowest BCUT2D eigenvalue weighted by molar-refractivity contribution is 0.401. The van der Waals surface area contributed by atoms with Gasteiger partial charge in [0.2, 0.25) is 0 Å². The third-order valence-corrected chi connectivity index (χ3v) is 7.21. The number of methoxy groups -OCH3 is 2. The van der Waals surface area contributed by atoms with Crippen LogP contribution in [0.25, 0.3) is 24.3 Å². The smallest absolute Gasteiger partial charge is 0.126 e. The lowest BCUT2D eigenvalue weighted by Crippen LogP contribution is -2.25. The Balaban J connectivity index is 1.76. The van der Waals surface area contributed by atoms with Crippen LogP contribution in [-0.4, -0.2) is 40.9 Å². The molecular weight excluding hydrogens is 492 g/mol. The molecule has 0 spiro atoms. The molecule has 3 aromatic rings. The van der Waals surface area contributed by atoms with Gasteiger partial charge in [0.15, 0.2) is 0 Å². The molecule has 4 nitrogen and oxygen atoms in total. The molecule has 0 N–H and O–H groups in total. The van der Waals surface area contributed by atoms with E-state index in [0.29, 0.717) is 0 Å². The standard InChI is InChI=1S/C36H48N2O2/c1-7-10-25-38(26-11-8-2)34-22-16-30(17-23-34)13-19-32-28-35(39-5)31(27-36(32)40-6)18-12-29-14-20-33(21-15-29)37(4)24-9-3/h12-23,27-28H,7-11,24-26H2,1-6H3/b18-12+,19-13+. The SMILES string of the molecule is CCCCN(CCCC)c1ccc(/C=C/c2cc(OC)c(/C=C/c3ccc(N(C)CCC)cc3)cc2OC)cc1. The van der Waals surface area contributed by atoms with Gasteiger partial charge in [0, 0.05) is 49.2 Å². The topological polar surface area (TPSA) is 24.9 Å². The lowest BCUT2D eigenvalue weighted by atomic mass is 10.0.